The molecule has 0 heterocycles. The highest BCUT2D eigenvalue weighted by Crippen LogP contribution is 2.75. The molecular weight excluding hydrogens is 454 g/mol. The van der Waals surface area contributed by atoms with E-state index < -0.39 is 34.0 Å². The van der Waals surface area contributed by atoms with Crippen LogP contribution in [0.3, 0.4) is 0 Å². The van der Waals surface area contributed by atoms with E-state index in [2.05, 4.69) is 27.7 Å². The standard InChI is InChI=1S/C28H40F2O3S/c1-7-8-18(3)33-22-15-27(6)23(24(32)34-16-29)17(2)14-26(27,5)21-10-9-19-13-20(31)11-12-25(19,4)28(21,22)30/h11-13,17-18,21-23H,7-10,14-16H2,1-6H3/t17-,18?,21?,22?,23?,25?,26?,27?,28+/m1/s1. The van der Waals surface area contributed by atoms with Crippen molar-refractivity contribution >= 4 is 22.7 Å². The molecule has 0 aromatic heterocycles. The van der Waals surface area contributed by atoms with Crippen LogP contribution in [0.25, 0.3) is 0 Å². The molecule has 0 N–H and O–H groups in total. The summed E-state index contributed by atoms with van der Waals surface area (Å²) in [5.74, 6) is -0.691. The van der Waals surface area contributed by atoms with Gasteiger partial charge in [-0.05, 0) is 74.9 Å². The first-order valence-electron chi connectivity index (χ1n) is 12.9. The number of hydrogen-bond acceptors (Lipinski definition) is 4. The summed E-state index contributed by atoms with van der Waals surface area (Å²) in [6.45, 7) is 12.4. The largest absolute Gasteiger partial charge is 0.372 e. The van der Waals surface area contributed by atoms with Gasteiger partial charge in [0.1, 0.15) is 6.01 Å². The van der Waals surface area contributed by atoms with E-state index in [1.54, 1.807) is 12.2 Å². The van der Waals surface area contributed by atoms with Crippen LogP contribution >= 0.6 is 11.8 Å². The molecule has 0 aromatic rings. The minimum Gasteiger partial charge on any atom is -0.372 e. The van der Waals surface area contributed by atoms with Crippen LogP contribution < -0.4 is 0 Å². The quantitative estimate of drug-likeness (QED) is 0.398. The molecule has 3 fully saturated rings. The Kier molecular flexibility index (Phi) is 6.77. The third-order valence-electron chi connectivity index (χ3n) is 10.3. The number of rotatable bonds is 6. The van der Waals surface area contributed by atoms with Crippen molar-refractivity contribution in [3.63, 3.8) is 0 Å². The normalized spacial score (nSPS) is 46.4. The van der Waals surface area contributed by atoms with Gasteiger partial charge < -0.3 is 4.74 Å². The number of carbonyl (C=O) groups is 2. The third kappa shape index (κ3) is 3.44. The highest BCUT2D eigenvalue weighted by Gasteiger charge is 2.76. The molecule has 0 bridgehead atoms. The van der Waals surface area contributed by atoms with Gasteiger partial charge in [-0.2, -0.15) is 0 Å². The van der Waals surface area contributed by atoms with Crippen LogP contribution in [-0.2, 0) is 14.3 Å². The Hall–Kier alpha value is -1.01. The third-order valence-corrected chi connectivity index (χ3v) is 10.9. The van der Waals surface area contributed by atoms with Crippen molar-refractivity contribution in [3.8, 4) is 0 Å². The van der Waals surface area contributed by atoms with E-state index in [4.69, 9.17) is 4.74 Å². The van der Waals surface area contributed by atoms with E-state index in [1.165, 1.54) is 6.08 Å². The number of ether oxygens (including phenoxy) is 1. The highest BCUT2D eigenvalue weighted by atomic mass is 32.2. The van der Waals surface area contributed by atoms with Crippen molar-refractivity contribution in [2.24, 2.45) is 34.0 Å². The summed E-state index contributed by atoms with van der Waals surface area (Å²) in [4.78, 5) is 25.4. The van der Waals surface area contributed by atoms with Crippen LogP contribution in [0.15, 0.2) is 23.8 Å². The first-order valence-corrected chi connectivity index (χ1v) is 13.9. The molecular formula is C28H40F2O3S. The van der Waals surface area contributed by atoms with Gasteiger partial charge in [0.15, 0.2) is 16.6 Å². The fourth-order valence-corrected chi connectivity index (χ4v) is 9.40. The fourth-order valence-electron chi connectivity index (χ4n) is 8.62. The Morgan fingerprint density at radius 3 is 2.62 bits per heavy atom. The topological polar surface area (TPSA) is 43.4 Å². The predicted octanol–water partition coefficient (Wildman–Crippen LogP) is 7.01. The van der Waals surface area contributed by atoms with E-state index in [-0.39, 0.29) is 34.8 Å². The number of halogens is 2. The van der Waals surface area contributed by atoms with E-state index in [1.807, 2.05) is 13.8 Å². The SMILES string of the molecule is CCCC(C)OC1CC2(C)C(C(=O)SCF)[C@H](C)CC2(C)C2CCC3=CC(=O)C=CC3(C)[C@@]12F. The molecule has 4 rings (SSSR count). The molecule has 34 heavy (non-hydrogen) atoms. The second-order valence-electron chi connectivity index (χ2n) is 12.0. The molecule has 0 amide bonds. The van der Waals surface area contributed by atoms with Crippen molar-refractivity contribution in [2.45, 2.75) is 97.9 Å². The lowest BCUT2D eigenvalue weighted by atomic mass is 9.40. The molecule has 9 atom stereocenters. The van der Waals surface area contributed by atoms with Crippen molar-refractivity contribution in [3.05, 3.63) is 23.8 Å². The van der Waals surface area contributed by atoms with E-state index >= 15 is 4.39 Å². The van der Waals surface area contributed by atoms with Gasteiger partial charge in [0.05, 0.1) is 12.2 Å². The maximum atomic E-state index is 18.1. The lowest BCUT2D eigenvalue weighted by Gasteiger charge is -2.66. The summed E-state index contributed by atoms with van der Waals surface area (Å²) in [6.07, 6.45) is 8.30. The van der Waals surface area contributed by atoms with Crippen LogP contribution in [0, 0.1) is 34.0 Å². The predicted molar refractivity (Wildman–Crippen MR) is 133 cm³/mol. The van der Waals surface area contributed by atoms with Gasteiger partial charge >= 0.3 is 0 Å². The maximum absolute atomic E-state index is 18.1. The molecule has 4 aliphatic carbocycles. The van der Waals surface area contributed by atoms with Crippen LogP contribution in [0.5, 0.6) is 0 Å². The molecule has 0 aliphatic heterocycles. The van der Waals surface area contributed by atoms with Gasteiger partial charge in [-0.3, -0.25) is 9.59 Å². The van der Waals surface area contributed by atoms with Gasteiger partial charge in [0.25, 0.3) is 0 Å². The van der Waals surface area contributed by atoms with Gasteiger partial charge in [0, 0.05) is 17.3 Å². The zero-order valence-corrected chi connectivity index (χ0v) is 22.3. The fraction of sp³-hybridized carbons (Fsp3) is 0.786. The van der Waals surface area contributed by atoms with Gasteiger partial charge in [-0.25, -0.2) is 8.78 Å². The summed E-state index contributed by atoms with van der Waals surface area (Å²) in [5.41, 5.74) is -2.70. The lowest BCUT2D eigenvalue weighted by molar-refractivity contribution is -0.248. The van der Waals surface area contributed by atoms with E-state index in [9.17, 15) is 14.0 Å². The summed E-state index contributed by atoms with van der Waals surface area (Å²) in [6, 6.07) is -0.732. The number of thioether (sulfide) groups is 1. The zero-order valence-electron chi connectivity index (χ0n) is 21.5. The zero-order chi connectivity index (χ0) is 25.1. The van der Waals surface area contributed by atoms with Crippen molar-refractivity contribution in [2.75, 3.05) is 6.01 Å². The van der Waals surface area contributed by atoms with Crippen LogP contribution in [-0.4, -0.2) is 34.8 Å². The van der Waals surface area contributed by atoms with Crippen LogP contribution in [0.1, 0.15) is 80.1 Å². The summed E-state index contributed by atoms with van der Waals surface area (Å²) in [7, 11) is 0. The Bertz CT molecular complexity index is 917. The monoisotopic (exact) mass is 494 g/mol. The number of fused-ring (bicyclic) bond motifs is 5. The smallest absolute Gasteiger partial charge is 0.195 e. The molecule has 3 nitrogen and oxygen atoms in total. The minimum absolute atomic E-state index is 0.0471. The lowest BCUT2D eigenvalue weighted by Crippen LogP contribution is -2.70. The molecule has 3 saturated carbocycles. The summed E-state index contributed by atoms with van der Waals surface area (Å²) >= 11 is 0.757. The van der Waals surface area contributed by atoms with Crippen LogP contribution in [0.4, 0.5) is 8.78 Å². The highest BCUT2D eigenvalue weighted by molar-refractivity contribution is 8.13. The van der Waals surface area contributed by atoms with E-state index in [0.717, 1.165) is 36.6 Å². The Balaban J connectivity index is 1.86. The second kappa shape index (κ2) is 8.83. The second-order valence-corrected chi connectivity index (χ2v) is 12.9. The minimum atomic E-state index is -1.70. The van der Waals surface area contributed by atoms with E-state index in [0.29, 0.717) is 19.3 Å². The van der Waals surface area contributed by atoms with Crippen LogP contribution in [0.2, 0.25) is 0 Å². The van der Waals surface area contributed by atoms with Crippen molar-refractivity contribution in [1.82, 2.24) is 0 Å². The van der Waals surface area contributed by atoms with Gasteiger partial charge in [0.2, 0.25) is 0 Å². The molecule has 7 unspecified atom stereocenters. The molecule has 0 spiro atoms. The first-order chi connectivity index (χ1) is 15.9. The average molecular weight is 495 g/mol. The maximum Gasteiger partial charge on any atom is 0.195 e. The number of alkyl halides is 2. The van der Waals surface area contributed by atoms with Gasteiger partial charge in [-0.1, -0.05) is 57.5 Å². The number of carbonyl (C=O) groups excluding carboxylic acids is 2. The summed E-state index contributed by atoms with van der Waals surface area (Å²) in [5, 5.41) is -0.112. The summed E-state index contributed by atoms with van der Waals surface area (Å²) < 4.78 is 37.9. The number of hydrogen-bond donors (Lipinski definition) is 0. The number of ketones is 1. The Labute approximate surface area is 207 Å². The molecule has 0 aromatic carbocycles. The number of allylic oxidation sites excluding steroid dienone is 4. The average Bonchev–Trinajstić information content (AvgIpc) is 2.95. The molecule has 0 saturated heterocycles. The molecule has 190 valence electrons. The molecule has 0 radical (unpaired) electrons. The molecule has 4 aliphatic rings. The van der Waals surface area contributed by atoms with Crippen molar-refractivity contribution < 1.29 is 23.1 Å². The molecule has 6 heteroatoms. The Morgan fingerprint density at radius 2 is 1.97 bits per heavy atom. The Morgan fingerprint density at radius 1 is 1.26 bits per heavy atom. The van der Waals surface area contributed by atoms with Gasteiger partial charge in [-0.15, -0.1) is 0 Å². The first kappa shape index (κ1) is 26.1. The van der Waals surface area contributed by atoms with Crippen molar-refractivity contribution in [1.29, 1.82) is 0 Å².